The number of rotatable bonds is 3. The molecule has 0 aliphatic heterocycles. The fourth-order valence-electron chi connectivity index (χ4n) is 1.28. The van der Waals surface area contributed by atoms with Crippen molar-refractivity contribution in [3.63, 3.8) is 0 Å². The van der Waals surface area contributed by atoms with E-state index in [1.807, 2.05) is 19.1 Å². The molecule has 0 bridgehead atoms. The molecule has 1 aromatic carbocycles. The first-order valence-electron chi connectivity index (χ1n) is 4.42. The summed E-state index contributed by atoms with van der Waals surface area (Å²) in [6.07, 6.45) is 1.72. The Labute approximate surface area is 100.0 Å². The van der Waals surface area contributed by atoms with E-state index in [1.165, 1.54) is 0 Å². The minimum Gasteiger partial charge on any atom is -0.501 e. The van der Waals surface area contributed by atoms with Gasteiger partial charge in [-0.3, -0.25) is 0 Å². The van der Waals surface area contributed by atoms with E-state index >= 15 is 0 Å². The van der Waals surface area contributed by atoms with Gasteiger partial charge in [-0.05, 0) is 30.7 Å². The molecule has 1 nitrogen and oxygen atoms in total. The van der Waals surface area contributed by atoms with Crippen LogP contribution < -0.4 is 0 Å². The third-order valence-corrected chi connectivity index (χ3v) is 2.50. The molecule has 3 heteroatoms. The molecule has 0 fully saturated rings. The molecule has 0 aliphatic carbocycles. The third kappa shape index (κ3) is 3.01. The molecular formula is C12H12Cl2O. The van der Waals surface area contributed by atoms with Crippen molar-refractivity contribution in [1.29, 1.82) is 0 Å². The van der Waals surface area contributed by atoms with Crippen LogP contribution in [0.25, 0.3) is 5.57 Å². The molecule has 0 amide bonds. The molecule has 0 heterocycles. The van der Waals surface area contributed by atoms with Crippen molar-refractivity contribution in [3.05, 3.63) is 52.2 Å². The lowest BCUT2D eigenvalue weighted by atomic mass is 10.1. The summed E-state index contributed by atoms with van der Waals surface area (Å²) >= 11 is 11.8. The van der Waals surface area contributed by atoms with Crippen LogP contribution in [-0.2, 0) is 4.74 Å². The molecule has 1 rings (SSSR count). The summed E-state index contributed by atoms with van der Waals surface area (Å²) in [5.74, 6) is 0.781. The van der Waals surface area contributed by atoms with E-state index in [2.05, 4.69) is 6.58 Å². The average molecular weight is 243 g/mol. The maximum atomic E-state index is 5.92. The first kappa shape index (κ1) is 12.2. The molecule has 0 radical (unpaired) electrons. The van der Waals surface area contributed by atoms with Crippen molar-refractivity contribution >= 4 is 28.8 Å². The minimum atomic E-state index is 0.598. The van der Waals surface area contributed by atoms with Gasteiger partial charge in [0.15, 0.2) is 0 Å². The van der Waals surface area contributed by atoms with E-state index in [0.29, 0.717) is 10.0 Å². The maximum absolute atomic E-state index is 5.92. The zero-order chi connectivity index (χ0) is 11.4. The van der Waals surface area contributed by atoms with Crippen molar-refractivity contribution < 1.29 is 4.74 Å². The molecule has 0 saturated carbocycles. The Hall–Kier alpha value is -0.920. The molecule has 15 heavy (non-hydrogen) atoms. The number of methoxy groups -OCH3 is 1. The molecule has 0 N–H and O–H groups in total. The monoisotopic (exact) mass is 242 g/mol. The fraction of sp³-hybridized carbons (Fsp3) is 0.167. The lowest BCUT2D eigenvalue weighted by molar-refractivity contribution is 0.296. The van der Waals surface area contributed by atoms with Crippen molar-refractivity contribution in [1.82, 2.24) is 0 Å². The van der Waals surface area contributed by atoms with Crippen LogP contribution in [0, 0.1) is 0 Å². The summed E-state index contributed by atoms with van der Waals surface area (Å²) < 4.78 is 5.16. The van der Waals surface area contributed by atoms with Crippen LogP contribution in [0.3, 0.4) is 0 Å². The lowest BCUT2D eigenvalue weighted by Gasteiger charge is -2.08. The van der Waals surface area contributed by atoms with Gasteiger partial charge in [-0.25, -0.2) is 0 Å². The first-order chi connectivity index (χ1) is 7.08. The number of ether oxygens (including phenoxy) is 1. The highest BCUT2D eigenvalue weighted by Gasteiger charge is 2.05. The van der Waals surface area contributed by atoms with Crippen LogP contribution in [0.1, 0.15) is 12.5 Å². The Morgan fingerprint density at radius 2 is 1.80 bits per heavy atom. The van der Waals surface area contributed by atoms with Gasteiger partial charge < -0.3 is 4.74 Å². The third-order valence-electron chi connectivity index (χ3n) is 2.06. The maximum Gasteiger partial charge on any atom is 0.100 e. The van der Waals surface area contributed by atoms with Crippen LogP contribution in [0.4, 0.5) is 0 Å². The summed E-state index contributed by atoms with van der Waals surface area (Å²) in [5.41, 5.74) is 1.80. The molecule has 0 aromatic heterocycles. The second-order valence-corrected chi connectivity index (χ2v) is 3.91. The van der Waals surface area contributed by atoms with Gasteiger partial charge in [0.1, 0.15) is 5.76 Å². The summed E-state index contributed by atoms with van der Waals surface area (Å²) in [4.78, 5) is 0. The molecule has 0 atom stereocenters. The van der Waals surface area contributed by atoms with Crippen molar-refractivity contribution in [2.45, 2.75) is 6.92 Å². The summed E-state index contributed by atoms with van der Waals surface area (Å²) in [5, 5.41) is 1.20. The number of hydrogen-bond acceptors (Lipinski definition) is 1. The molecule has 1 aromatic rings. The van der Waals surface area contributed by atoms with Crippen molar-refractivity contribution in [2.75, 3.05) is 7.11 Å². The van der Waals surface area contributed by atoms with E-state index < -0.39 is 0 Å². The number of hydrogen-bond donors (Lipinski definition) is 0. The molecule has 0 aliphatic rings. The summed E-state index contributed by atoms with van der Waals surface area (Å²) in [6, 6.07) is 5.34. The second-order valence-electron chi connectivity index (χ2n) is 3.04. The highest BCUT2D eigenvalue weighted by molar-refractivity contribution is 6.34. The molecule has 0 unspecified atom stereocenters. The van der Waals surface area contributed by atoms with E-state index in [0.717, 1.165) is 16.9 Å². The fourth-order valence-corrected chi connectivity index (χ4v) is 1.81. The smallest absolute Gasteiger partial charge is 0.100 e. The quantitative estimate of drug-likeness (QED) is 0.558. The van der Waals surface area contributed by atoms with E-state index in [-0.39, 0.29) is 0 Å². The zero-order valence-electron chi connectivity index (χ0n) is 8.68. The van der Waals surface area contributed by atoms with Gasteiger partial charge in [-0.1, -0.05) is 35.9 Å². The zero-order valence-corrected chi connectivity index (χ0v) is 10.2. The van der Waals surface area contributed by atoms with Gasteiger partial charge in [-0.2, -0.15) is 0 Å². The molecule has 80 valence electrons. The van der Waals surface area contributed by atoms with Crippen LogP contribution in [-0.4, -0.2) is 7.11 Å². The Kier molecular flexibility index (Phi) is 4.25. The van der Waals surface area contributed by atoms with Crippen LogP contribution in [0.15, 0.2) is 36.6 Å². The second kappa shape index (κ2) is 5.24. The summed E-state index contributed by atoms with van der Waals surface area (Å²) in [6.45, 7) is 5.61. The first-order valence-corrected chi connectivity index (χ1v) is 5.18. The normalized spacial score (nSPS) is 12.0. The van der Waals surface area contributed by atoms with E-state index in [4.69, 9.17) is 27.9 Å². The van der Waals surface area contributed by atoms with Crippen LogP contribution in [0.2, 0.25) is 10.0 Å². The van der Waals surface area contributed by atoms with Gasteiger partial charge in [-0.15, -0.1) is 0 Å². The molecular weight excluding hydrogens is 231 g/mol. The van der Waals surface area contributed by atoms with Gasteiger partial charge in [0.05, 0.1) is 7.11 Å². The standard InChI is InChI=1S/C12H12Cl2O/c1-4-12(8(2)15-3)9-5-10(13)7-11(14)6-9/h4-7H,1H2,2-3H3/b12-8-. The van der Waals surface area contributed by atoms with Gasteiger partial charge >= 0.3 is 0 Å². The largest absolute Gasteiger partial charge is 0.501 e. The molecule has 0 spiro atoms. The van der Waals surface area contributed by atoms with Crippen LogP contribution >= 0.6 is 23.2 Å². The SMILES string of the molecule is C=C/C(=C(\C)OC)c1cc(Cl)cc(Cl)c1. The Morgan fingerprint density at radius 3 is 2.20 bits per heavy atom. The Morgan fingerprint density at radius 1 is 1.27 bits per heavy atom. The highest BCUT2D eigenvalue weighted by Crippen LogP contribution is 2.26. The van der Waals surface area contributed by atoms with Gasteiger partial charge in [0.25, 0.3) is 0 Å². The van der Waals surface area contributed by atoms with Crippen molar-refractivity contribution in [2.24, 2.45) is 0 Å². The lowest BCUT2D eigenvalue weighted by Crippen LogP contribution is -1.89. The average Bonchev–Trinajstić information content (AvgIpc) is 2.17. The molecule has 0 saturated heterocycles. The predicted octanol–water partition coefficient (Wildman–Crippen LogP) is 4.56. The number of halogens is 2. The van der Waals surface area contributed by atoms with E-state index in [9.17, 15) is 0 Å². The summed E-state index contributed by atoms with van der Waals surface area (Å²) in [7, 11) is 1.62. The minimum absolute atomic E-state index is 0.598. The topological polar surface area (TPSA) is 9.23 Å². The highest BCUT2D eigenvalue weighted by atomic mass is 35.5. The Bertz CT molecular complexity index is 388. The Balaban J connectivity index is 3.30. The van der Waals surface area contributed by atoms with Gasteiger partial charge in [0, 0.05) is 15.6 Å². The number of allylic oxidation sites excluding steroid dienone is 3. The van der Waals surface area contributed by atoms with Crippen LogP contribution in [0.5, 0.6) is 0 Å². The number of benzene rings is 1. The van der Waals surface area contributed by atoms with Gasteiger partial charge in [0.2, 0.25) is 0 Å². The predicted molar refractivity (Wildman–Crippen MR) is 66.3 cm³/mol. The van der Waals surface area contributed by atoms with E-state index in [1.54, 1.807) is 19.3 Å². The van der Waals surface area contributed by atoms with Crippen molar-refractivity contribution in [3.8, 4) is 0 Å².